The van der Waals surface area contributed by atoms with E-state index in [4.69, 9.17) is 16.6 Å². The topological polar surface area (TPSA) is 98.0 Å². The predicted octanol–water partition coefficient (Wildman–Crippen LogP) is 2.25. The van der Waals surface area contributed by atoms with Gasteiger partial charge in [-0.1, -0.05) is 31.9 Å². The molecule has 0 spiro atoms. The van der Waals surface area contributed by atoms with Gasteiger partial charge < -0.3 is 16.6 Å². The number of hydrogen-bond donors (Lipinski definition) is 3. The fraction of sp³-hybridized carbons (Fsp3) is 0.412. The highest BCUT2D eigenvalue weighted by atomic mass is 16.2. The average molecular weight is 304 g/mol. The minimum atomic E-state index is 0.355. The number of aliphatic hydroxyl groups excluding tert-OH is 1. The molecule has 0 saturated heterocycles. The van der Waals surface area contributed by atoms with Gasteiger partial charge in [0.05, 0.1) is 11.4 Å². The summed E-state index contributed by atoms with van der Waals surface area (Å²) in [5.74, 6) is 0. The number of pyridine rings is 2. The Morgan fingerprint density at radius 1 is 0.864 bits per heavy atom. The first-order chi connectivity index (χ1) is 10.8. The smallest absolute Gasteiger partial charge is 0.0539 e. The molecule has 0 aliphatic rings. The van der Waals surface area contributed by atoms with Crippen molar-refractivity contribution in [2.24, 2.45) is 11.5 Å². The fourth-order valence-corrected chi connectivity index (χ4v) is 1.40. The summed E-state index contributed by atoms with van der Waals surface area (Å²) in [6.07, 6.45) is 6.80. The van der Waals surface area contributed by atoms with E-state index < -0.39 is 0 Å². The molecule has 0 saturated carbocycles. The molecule has 0 aliphatic heterocycles. The molecule has 0 radical (unpaired) electrons. The van der Waals surface area contributed by atoms with E-state index in [2.05, 4.69) is 16.9 Å². The van der Waals surface area contributed by atoms with Gasteiger partial charge in [0, 0.05) is 32.1 Å². The normalized spacial score (nSPS) is 9.09. The molecule has 5 heteroatoms. The quantitative estimate of drug-likeness (QED) is 0.736. The van der Waals surface area contributed by atoms with Crippen molar-refractivity contribution in [1.29, 1.82) is 0 Å². The molecule has 5 N–H and O–H groups in total. The third-order valence-electron chi connectivity index (χ3n) is 2.63. The first-order valence-corrected chi connectivity index (χ1v) is 7.59. The number of nitrogens with two attached hydrogens (primary N) is 2. The van der Waals surface area contributed by atoms with Gasteiger partial charge in [0.2, 0.25) is 0 Å². The van der Waals surface area contributed by atoms with Gasteiger partial charge in [-0.05, 0) is 30.7 Å². The molecule has 5 nitrogen and oxygen atoms in total. The zero-order valence-electron chi connectivity index (χ0n) is 13.4. The molecule has 0 unspecified atom stereocenters. The maximum Gasteiger partial charge on any atom is 0.0539 e. The molecule has 2 aromatic heterocycles. The first kappa shape index (κ1) is 20.2. The SMILES string of the molecule is CCCCCO.NCc1ccccn1.NCc1ccccn1. The highest BCUT2D eigenvalue weighted by Crippen LogP contribution is 1.90. The van der Waals surface area contributed by atoms with Gasteiger partial charge in [0.1, 0.15) is 0 Å². The van der Waals surface area contributed by atoms with Crippen LogP contribution in [0.3, 0.4) is 0 Å². The molecule has 122 valence electrons. The molecule has 22 heavy (non-hydrogen) atoms. The molecule has 0 bridgehead atoms. The lowest BCUT2D eigenvalue weighted by Crippen LogP contribution is -1.97. The standard InChI is InChI=1S/2C6H8N2.C5H12O/c2*7-5-6-3-1-2-4-8-6;1-2-3-4-5-6/h2*1-4H,5,7H2;6H,2-5H2,1H3. The molecule has 2 aromatic rings. The van der Waals surface area contributed by atoms with Crippen molar-refractivity contribution in [3.05, 3.63) is 60.2 Å². The summed E-state index contributed by atoms with van der Waals surface area (Å²) >= 11 is 0. The van der Waals surface area contributed by atoms with Crippen molar-refractivity contribution < 1.29 is 5.11 Å². The monoisotopic (exact) mass is 304 g/mol. The maximum atomic E-state index is 8.20. The van der Waals surface area contributed by atoms with E-state index in [-0.39, 0.29) is 0 Å². The van der Waals surface area contributed by atoms with E-state index in [1.165, 1.54) is 6.42 Å². The Hall–Kier alpha value is -1.82. The molecule has 2 heterocycles. The Labute approximate surface area is 133 Å². The molecule has 0 aromatic carbocycles. The van der Waals surface area contributed by atoms with Crippen molar-refractivity contribution in [2.45, 2.75) is 39.3 Å². The van der Waals surface area contributed by atoms with Gasteiger partial charge in [0.15, 0.2) is 0 Å². The van der Waals surface area contributed by atoms with Gasteiger partial charge in [-0.3, -0.25) is 9.97 Å². The molecule has 2 rings (SSSR count). The van der Waals surface area contributed by atoms with Gasteiger partial charge in [-0.15, -0.1) is 0 Å². The van der Waals surface area contributed by atoms with Gasteiger partial charge in [-0.25, -0.2) is 0 Å². The highest BCUT2D eigenvalue weighted by Gasteiger charge is 1.82. The maximum absolute atomic E-state index is 8.20. The van der Waals surface area contributed by atoms with Crippen LogP contribution < -0.4 is 11.5 Å². The summed E-state index contributed by atoms with van der Waals surface area (Å²) in [5, 5.41) is 8.20. The van der Waals surface area contributed by atoms with E-state index in [1.54, 1.807) is 12.4 Å². The summed E-state index contributed by atoms with van der Waals surface area (Å²) in [5.41, 5.74) is 12.4. The van der Waals surface area contributed by atoms with Crippen molar-refractivity contribution in [3.63, 3.8) is 0 Å². The summed E-state index contributed by atoms with van der Waals surface area (Å²) < 4.78 is 0. The van der Waals surface area contributed by atoms with Gasteiger partial charge in [0.25, 0.3) is 0 Å². The Morgan fingerprint density at radius 3 is 1.55 bits per heavy atom. The van der Waals surface area contributed by atoms with Crippen LogP contribution >= 0.6 is 0 Å². The van der Waals surface area contributed by atoms with E-state index >= 15 is 0 Å². The number of aromatic nitrogens is 2. The number of nitrogens with zero attached hydrogens (tertiary/aromatic N) is 2. The van der Waals surface area contributed by atoms with E-state index in [9.17, 15) is 0 Å². The summed E-state index contributed by atoms with van der Waals surface area (Å²) in [4.78, 5) is 7.94. The van der Waals surface area contributed by atoms with Crippen molar-refractivity contribution in [3.8, 4) is 0 Å². The third-order valence-corrected chi connectivity index (χ3v) is 2.63. The lowest BCUT2D eigenvalue weighted by molar-refractivity contribution is 0.284. The van der Waals surface area contributed by atoms with E-state index in [0.717, 1.165) is 24.2 Å². The second kappa shape index (κ2) is 15.6. The van der Waals surface area contributed by atoms with Crippen LogP contribution in [-0.4, -0.2) is 21.7 Å². The van der Waals surface area contributed by atoms with Gasteiger partial charge in [-0.2, -0.15) is 0 Å². The average Bonchev–Trinajstić information content (AvgIpc) is 2.62. The molecule has 0 fully saturated rings. The summed E-state index contributed by atoms with van der Waals surface area (Å²) in [7, 11) is 0. The van der Waals surface area contributed by atoms with Crippen LogP contribution in [0.4, 0.5) is 0 Å². The number of unbranched alkanes of at least 4 members (excludes halogenated alkanes) is 2. The van der Waals surface area contributed by atoms with Gasteiger partial charge >= 0.3 is 0 Å². The number of rotatable bonds is 5. The molecule has 0 amide bonds. The Bertz CT molecular complexity index is 393. The second-order valence-electron chi connectivity index (χ2n) is 4.48. The zero-order chi connectivity index (χ0) is 16.5. The van der Waals surface area contributed by atoms with E-state index in [1.807, 2.05) is 36.4 Å². The molecule has 0 aliphatic carbocycles. The Morgan fingerprint density at radius 2 is 1.36 bits per heavy atom. The summed E-state index contributed by atoms with van der Waals surface area (Å²) in [6.45, 7) is 3.53. The second-order valence-corrected chi connectivity index (χ2v) is 4.48. The predicted molar refractivity (Wildman–Crippen MR) is 90.9 cm³/mol. The largest absolute Gasteiger partial charge is 0.396 e. The molecule has 0 atom stereocenters. The Balaban J connectivity index is 0.000000306. The highest BCUT2D eigenvalue weighted by molar-refractivity contribution is 5.02. The molecular weight excluding hydrogens is 276 g/mol. The summed E-state index contributed by atoms with van der Waals surface area (Å²) in [6, 6.07) is 11.4. The van der Waals surface area contributed by atoms with Crippen molar-refractivity contribution >= 4 is 0 Å². The van der Waals surface area contributed by atoms with Crippen LogP contribution in [0.1, 0.15) is 37.6 Å². The van der Waals surface area contributed by atoms with Crippen LogP contribution in [0.25, 0.3) is 0 Å². The minimum absolute atomic E-state index is 0.355. The minimum Gasteiger partial charge on any atom is -0.396 e. The fourth-order valence-electron chi connectivity index (χ4n) is 1.40. The Kier molecular flexibility index (Phi) is 14.3. The van der Waals surface area contributed by atoms with Crippen molar-refractivity contribution in [1.82, 2.24) is 9.97 Å². The lowest BCUT2D eigenvalue weighted by atomic mass is 10.3. The molecular formula is C17H28N4O. The number of aliphatic hydroxyl groups is 1. The van der Waals surface area contributed by atoms with Crippen LogP contribution in [0, 0.1) is 0 Å². The van der Waals surface area contributed by atoms with Crippen LogP contribution in [0.15, 0.2) is 48.8 Å². The lowest BCUT2D eigenvalue weighted by Gasteiger charge is -1.89. The van der Waals surface area contributed by atoms with Crippen LogP contribution in [0.2, 0.25) is 0 Å². The first-order valence-electron chi connectivity index (χ1n) is 7.59. The zero-order valence-corrected chi connectivity index (χ0v) is 13.4. The van der Waals surface area contributed by atoms with E-state index in [0.29, 0.717) is 19.7 Å². The number of hydrogen-bond acceptors (Lipinski definition) is 5. The van der Waals surface area contributed by atoms with Crippen molar-refractivity contribution in [2.75, 3.05) is 6.61 Å². The third kappa shape index (κ3) is 12.0. The van der Waals surface area contributed by atoms with Crippen LogP contribution in [-0.2, 0) is 13.1 Å². The van der Waals surface area contributed by atoms with Crippen LogP contribution in [0.5, 0.6) is 0 Å².